The predicted octanol–water partition coefficient (Wildman–Crippen LogP) is 4.93. The Bertz CT molecular complexity index is 2770. The third kappa shape index (κ3) is 9.31. The molecule has 0 aliphatic carbocycles. The molecule has 7 rings (SSSR count). The van der Waals surface area contributed by atoms with Crippen LogP contribution in [0.2, 0.25) is 0 Å². The fraction of sp³-hybridized carbons (Fsp3) is 0.381. The maximum absolute atomic E-state index is 13.7. The Morgan fingerprint density at radius 1 is 0.903 bits per heavy atom. The number of carboxylic acids is 1. The molecule has 1 aliphatic rings. The van der Waals surface area contributed by atoms with Crippen molar-refractivity contribution in [2.24, 2.45) is 10.7 Å². The predicted molar refractivity (Wildman–Crippen MR) is 227 cm³/mol. The summed E-state index contributed by atoms with van der Waals surface area (Å²) in [6, 6.07) is 6.02. The molecule has 1 aliphatic heterocycles. The van der Waals surface area contributed by atoms with Crippen LogP contribution in [0.1, 0.15) is 85.3 Å². The average Bonchev–Trinajstić information content (AvgIpc) is 4.03. The number of aryl methyl sites for hydroxylation is 4. The Kier molecular flexibility index (Phi) is 13.3. The van der Waals surface area contributed by atoms with Crippen LogP contribution in [0.3, 0.4) is 0 Å². The van der Waals surface area contributed by atoms with E-state index in [-0.39, 0.29) is 52.2 Å². The number of nitrogens with two attached hydrogens (primary N) is 1. The highest BCUT2D eigenvalue weighted by Crippen LogP contribution is 2.33. The van der Waals surface area contributed by atoms with Crippen molar-refractivity contribution in [1.82, 2.24) is 29.0 Å². The number of rotatable bonds is 17. The van der Waals surface area contributed by atoms with Crippen molar-refractivity contribution < 1.29 is 47.3 Å². The van der Waals surface area contributed by atoms with Gasteiger partial charge in [0, 0.05) is 52.1 Å². The van der Waals surface area contributed by atoms with Crippen molar-refractivity contribution in [3.05, 3.63) is 87.0 Å². The molecular weight excluding hydrogens is 823 g/mol. The molecule has 1 fully saturated rings. The number of hydrogen-bond donors (Lipinski definition) is 3. The van der Waals surface area contributed by atoms with Crippen LogP contribution < -0.4 is 25.3 Å². The van der Waals surface area contributed by atoms with Crippen LogP contribution >= 0.6 is 11.3 Å². The number of amides is 3. The molecule has 2 aromatic carbocycles. The van der Waals surface area contributed by atoms with Gasteiger partial charge in [-0.2, -0.15) is 4.99 Å². The number of oxazole rings is 2. The summed E-state index contributed by atoms with van der Waals surface area (Å²) in [5, 5.41) is 12.7. The molecule has 0 saturated carbocycles. The first-order valence-corrected chi connectivity index (χ1v) is 20.9. The minimum atomic E-state index is -1.15. The maximum atomic E-state index is 13.7. The molecule has 4 aromatic heterocycles. The topological polar surface area (TPSA) is 245 Å². The molecule has 0 atom stereocenters. The lowest BCUT2D eigenvalue weighted by molar-refractivity contribution is 0.0358. The Labute approximate surface area is 358 Å². The van der Waals surface area contributed by atoms with E-state index >= 15 is 0 Å². The molecule has 62 heavy (non-hydrogen) atoms. The maximum Gasteiger partial charge on any atom is 0.335 e. The van der Waals surface area contributed by atoms with E-state index in [0.29, 0.717) is 89.3 Å². The van der Waals surface area contributed by atoms with Gasteiger partial charge in [-0.25, -0.2) is 19.7 Å². The van der Waals surface area contributed by atoms with Crippen LogP contribution in [0.4, 0.5) is 5.95 Å². The zero-order valence-corrected chi connectivity index (χ0v) is 35.8. The molecule has 4 N–H and O–H groups in total. The third-order valence-electron chi connectivity index (χ3n) is 10.1. The highest BCUT2D eigenvalue weighted by atomic mass is 32.1. The number of benzene rings is 2. The van der Waals surface area contributed by atoms with Gasteiger partial charge >= 0.3 is 11.9 Å². The molecular formula is C42H47N9O10S. The summed E-state index contributed by atoms with van der Waals surface area (Å²) in [6.07, 6.45) is 5.25. The van der Waals surface area contributed by atoms with Gasteiger partial charge in [-0.15, -0.1) is 0 Å². The number of carbonyl (C=O) groups is 4. The van der Waals surface area contributed by atoms with Gasteiger partial charge in [0.15, 0.2) is 16.6 Å². The molecule has 1 saturated heterocycles. The van der Waals surface area contributed by atoms with Crippen molar-refractivity contribution in [1.29, 1.82) is 0 Å². The monoisotopic (exact) mass is 869 g/mol. The van der Waals surface area contributed by atoms with E-state index in [4.69, 9.17) is 33.8 Å². The highest BCUT2D eigenvalue weighted by Gasteiger charge is 2.24. The fourth-order valence-corrected chi connectivity index (χ4v) is 8.27. The van der Waals surface area contributed by atoms with Crippen LogP contribution in [0.15, 0.2) is 50.2 Å². The highest BCUT2D eigenvalue weighted by molar-refractivity contribution is 7.16. The first kappa shape index (κ1) is 43.4. The molecule has 0 unspecified atom stereocenters. The Balaban J connectivity index is 1.27. The number of thiazole rings is 1. The number of methoxy groups -OCH3 is 1. The zero-order chi connectivity index (χ0) is 44.1. The number of imidazole rings is 1. The molecule has 5 heterocycles. The number of carbonyl (C=O) groups excluding carboxylic acids is 3. The number of nitrogens with one attached hydrogen (secondary N) is 1. The molecule has 3 amide bonds. The summed E-state index contributed by atoms with van der Waals surface area (Å²) in [5.41, 5.74) is 8.26. The SMILES string of the molecule is CCc1nc(C)oc1C(=O)/N=c1\sc2cc(C(=O)O)cc(OC)c2n1C/C=C/Cn1c(NC(=O)c2oc(C)nc2CC)nc2cc(C(N)=O)cc(OCCCN3CCOCC3)c21. The van der Waals surface area contributed by atoms with E-state index in [1.54, 1.807) is 35.1 Å². The Morgan fingerprint density at radius 2 is 1.56 bits per heavy atom. The minimum Gasteiger partial charge on any atom is -0.494 e. The van der Waals surface area contributed by atoms with E-state index in [2.05, 4.69) is 25.2 Å². The quantitative estimate of drug-likeness (QED) is 0.0814. The number of allylic oxidation sites excluding steroid dienone is 2. The van der Waals surface area contributed by atoms with Gasteiger partial charge in [0.2, 0.25) is 23.4 Å². The largest absolute Gasteiger partial charge is 0.494 e. The lowest BCUT2D eigenvalue weighted by atomic mass is 10.1. The van der Waals surface area contributed by atoms with E-state index in [9.17, 15) is 24.3 Å². The van der Waals surface area contributed by atoms with Crippen molar-refractivity contribution >= 4 is 62.2 Å². The Hall–Kier alpha value is -6.64. The van der Waals surface area contributed by atoms with Crippen LogP contribution in [-0.4, -0.2) is 104 Å². The number of nitrogens with zero attached hydrogens (tertiary/aromatic N) is 7. The van der Waals surface area contributed by atoms with E-state index in [1.807, 2.05) is 26.0 Å². The van der Waals surface area contributed by atoms with E-state index in [1.165, 1.54) is 19.2 Å². The third-order valence-corrected chi connectivity index (χ3v) is 11.1. The molecule has 326 valence electrons. The lowest BCUT2D eigenvalue weighted by Gasteiger charge is -2.26. The molecule has 19 nitrogen and oxygen atoms in total. The second kappa shape index (κ2) is 19.0. The number of anilines is 1. The Morgan fingerprint density at radius 3 is 2.23 bits per heavy atom. The molecule has 6 aromatic rings. The van der Waals surface area contributed by atoms with E-state index < -0.39 is 23.7 Å². The number of carboxylic acid groups (broad SMARTS) is 1. The zero-order valence-electron chi connectivity index (χ0n) is 35.0. The molecule has 0 spiro atoms. The van der Waals surface area contributed by atoms with Gasteiger partial charge in [0.25, 0.3) is 5.91 Å². The van der Waals surface area contributed by atoms with Gasteiger partial charge in [-0.05, 0) is 43.5 Å². The summed E-state index contributed by atoms with van der Waals surface area (Å²) < 4.78 is 32.8. The molecule has 0 bridgehead atoms. The normalized spacial score (nSPS) is 13.7. The second-order valence-corrected chi connectivity index (χ2v) is 15.3. The van der Waals surface area contributed by atoms with Gasteiger partial charge in [0.05, 0.1) is 54.1 Å². The first-order chi connectivity index (χ1) is 29.9. The van der Waals surface area contributed by atoms with Crippen molar-refractivity contribution in [2.45, 2.75) is 60.0 Å². The number of hydrogen-bond acceptors (Lipinski definition) is 14. The number of ether oxygens (including phenoxy) is 3. The number of morpholine rings is 1. The van der Waals surface area contributed by atoms with Crippen LogP contribution in [-0.2, 0) is 30.7 Å². The number of fused-ring (bicyclic) bond motifs is 2. The summed E-state index contributed by atoms with van der Waals surface area (Å²) in [5.74, 6) is -1.54. The summed E-state index contributed by atoms with van der Waals surface area (Å²) >= 11 is 1.12. The number of aromatic nitrogens is 5. The van der Waals surface area contributed by atoms with Gasteiger partial charge < -0.3 is 43.0 Å². The number of primary amides is 1. The fourth-order valence-electron chi connectivity index (χ4n) is 7.18. The summed E-state index contributed by atoms with van der Waals surface area (Å²) in [6.45, 7) is 11.4. The standard InChI is InChI=1S/C42H47N9O10S/c1-6-27-35(60-23(3)44-27)38(53)47-41-46-29-19-25(37(43)52)20-31(59-16-10-11-49-14-17-58-18-15-49)33(29)50(41)12-8-9-13-51-34-30(57-5)21-26(40(55)56)22-32(34)62-42(51)48-39(54)36-28(7-2)45-24(4)61-36/h8-9,19-22H,6-7,10-18H2,1-5H3,(H2,43,52)(H,55,56)(H,46,47,53)/b9-8+,48-42-. The molecule has 0 radical (unpaired) electrons. The van der Waals surface area contributed by atoms with Gasteiger partial charge in [-0.3, -0.25) is 24.6 Å². The van der Waals surface area contributed by atoms with Crippen molar-refractivity contribution in [3.8, 4) is 11.5 Å². The minimum absolute atomic E-state index is 0.00187. The number of aromatic carboxylic acids is 1. The lowest BCUT2D eigenvalue weighted by Crippen LogP contribution is -2.37. The van der Waals surface area contributed by atoms with Crippen molar-refractivity contribution in [3.63, 3.8) is 0 Å². The summed E-state index contributed by atoms with van der Waals surface area (Å²) in [7, 11) is 1.43. The first-order valence-electron chi connectivity index (χ1n) is 20.1. The van der Waals surface area contributed by atoms with Gasteiger partial charge in [-0.1, -0.05) is 37.3 Å². The summed E-state index contributed by atoms with van der Waals surface area (Å²) in [4.78, 5) is 72.2. The smallest absolute Gasteiger partial charge is 0.335 e. The van der Waals surface area contributed by atoms with Crippen LogP contribution in [0, 0.1) is 13.8 Å². The van der Waals surface area contributed by atoms with Crippen LogP contribution in [0.25, 0.3) is 21.3 Å². The van der Waals surface area contributed by atoms with E-state index in [0.717, 1.165) is 31.0 Å². The van der Waals surface area contributed by atoms with Crippen molar-refractivity contribution in [2.75, 3.05) is 51.9 Å². The molecule has 20 heteroatoms. The average molecular weight is 870 g/mol. The van der Waals surface area contributed by atoms with Gasteiger partial charge in [0.1, 0.15) is 22.5 Å². The van der Waals surface area contributed by atoms with Crippen LogP contribution in [0.5, 0.6) is 11.5 Å². The second-order valence-electron chi connectivity index (χ2n) is 14.3.